The van der Waals surface area contributed by atoms with E-state index >= 15 is 0 Å². The predicted octanol–water partition coefficient (Wildman–Crippen LogP) is 4.10. The first kappa shape index (κ1) is 21.6. The van der Waals surface area contributed by atoms with Crippen molar-refractivity contribution < 1.29 is 14.3 Å². The molecule has 1 aliphatic rings. The molecule has 0 bridgehead atoms. The van der Waals surface area contributed by atoms with Crippen molar-refractivity contribution in [1.82, 2.24) is 9.88 Å². The van der Waals surface area contributed by atoms with Crippen LogP contribution in [0, 0.1) is 0 Å². The van der Waals surface area contributed by atoms with Crippen molar-refractivity contribution in [3.8, 4) is 11.5 Å². The van der Waals surface area contributed by atoms with Gasteiger partial charge < -0.3 is 25.4 Å². The van der Waals surface area contributed by atoms with Crippen molar-refractivity contribution in [2.45, 2.75) is 19.9 Å². The van der Waals surface area contributed by atoms with Crippen molar-refractivity contribution in [2.24, 2.45) is 4.99 Å². The first-order valence-corrected chi connectivity index (χ1v) is 11.0. The molecule has 8 nitrogen and oxygen atoms in total. The van der Waals surface area contributed by atoms with Crippen molar-refractivity contribution in [3.63, 3.8) is 0 Å². The van der Waals surface area contributed by atoms with Gasteiger partial charge in [-0.25, -0.2) is 9.98 Å². The highest BCUT2D eigenvalue weighted by atomic mass is 32.1. The Morgan fingerprint density at radius 1 is 1.16 bits per heavy atom. The Morgan fingerprint density at radius 2 is 1.88 bits per heavy atom. The van der Waals surface area contributed by atoms with Crippen molar-refractivity contribution in [3.05, 3.63) is 58.0 Å². The SMILES string of the molecule is COc1ccc(N=C(C)N2CCc3nc(C(=O)Nc4cc(OC)ccc4N)sc3C2)cc1. The molecular formula is C23H25N5O3S. The quantitative estimate of drug-likeness (QED) is 0.344. The van der Waals surface area contributed by atoms with Crippen LogP contribution in [-0.2, 0) is 13.0 Å². The van der Waals surface area contributed by atoms with Crippen molar-refractivity contribution >= 4 is 40.1 Å². The summed E-state index contributed by atoms with van der Waals surface area (Å²) in [4.78, 5) is 25.4. The first-order valence-electron chi connectivity index (χ1n) is 10.1. The summed E-state index contributed by atoms with van der Waals surface area (Å²) in [5, 5.41) is 3.26. The van der Waals surface area contributed by atoms with Crippen LogP contribution in [0.2, 0.25) is 0 Å². The summed E-state index contributed by atoms with van der Waals surface area (Å²) >= 11 is 1.40. The van der Waals surface area contributed by atoms with Gasteiger partial charge in [-0.05, 0) is 43.3 Å². The zero-order valence-electron chi connectivity index (χ0n) is 18.2. The minimum Gasteiger partial charge on any atom is -0.497 e. The fraction of sp³-hybridized carbons (Fsp3) is 0.261. The minimum atomic E-state index is -0.278. The number of aliphatic imine (C=N–C) groups is 1. The number of fused-ring (bicyclic) bond motifs is 1. The van der Waals surface area contributed by atoms with Gasteiger partial charge in [0.15, 0.2) is 5.01 Å². The van der Waals surface area contributed by atoms with E-state index in [2.05, 4.69) is 15.2 Å². The van der Waals surface area contributed by atoms with Gasteiger partial charge >= 0.3 is 0 Å². The predicted molar refractivity (Wildman–Crippen MR) is 127 cm³/mol. The van der Waals surface area contributed by atoms with Crippen molar-refractivity contribution in [2.75, 3.05) is 31.8 Å². The maximum Gasteiger partial charge on any atom is 0.284 e. The molecule has 2 aromatic carbocycles. The van der Waals surface area contributed by atoms with Crippen LogP contribution in [0.5, 0.6) is 11.5 Å². The second-order valence-electron chi connectivity index (χ2n) is 7.32. The lowest BCUT2D eigenvalue weighted by Crippen LogP contribution is -2.33. The molecule has 1 amide bonds. The Morgan fingerprint density at radius 3 is 2.59 bits per heavy atom. The number of carbonyl (C=O) groups excluding carboxylic acids is 1. The van der Waals surface area contributed by atoms with Crippen LogP contribution in [0.3, 0.4) is 0 Å². The summed E-state index contributed by atoms with van der Waals surface area (Å²) < 4.78 is 10.4. The van der Waals surface area contributed by atoms with Gasteiger partial charge in [-0.1, -0.05) is 0 Å². The number of anilines is 2. The molecular weight excluding hydrogens is 426 g/mol. The third-order valence-electron chi connectivity index (χ3n) is 5.26. The van der Waals surface area contributed by atoms with E-state index in [0.717, 1.165) is 40.8 Å². The average molecular weight is 452 g/mol. The second-order valence-corrected chi connectivity index (χ2v) is 8.41. The van der Waals surface area contributed by atoms with Gasteiger partial charge in [-0.2, -0.15) is 0 Å². The Hall–Kier alpha value is -3.59. The molecule has 1 aromatic heterocycles. The standard InChI is InChI=1S/C23H25N5O3S/c1-14(25-15-4-6-16(30-2)7-5-15)28-11-10-19-21(13-28)32-23(27-19)22(29)26-20-12-17(31-3)8-9-18(20)24/h4-9,12H,10-11,13,24H2,1-3H3,(H,26,29). The summed E-state index contributed by atoms with van der Waals surface area (Å²) in [5.41, 5.74) is 8.80. The topological polar surface area (TPSA) is 102 Å². The van der Waals surface area contributed by atoms with Crippen LogP contribution >= 0.6 is 11.3 Å². The third kappa shape index (κ3) is 4.67. The molecule has 0 saturated heterocycles. The van der Waals surface area contributed by atoms with E-state index in [1.807, 2.05) is 31.2 Å². The number of aromatic nitrogens is 1. The lowest BCUT2D eigenvalue weighted by atomic mass is 10.2. The Bertz CT molecular complexity index is 1160. The number of benzene rings is 2. The number of amidine groups is 1. The number of nitrogen functional groups attached to an aromatic ring is 1. The number of ether oxygens (including phenoxy) is 2. The minimum absolute atomic E-state index is 0.278. The molecule has 3 aromatic rings. The molecule has 4 rings (SSSR count). The number of nitrogens with one attached hydrogen (secondary N) is 1. The summed E-state index contributed by atoms with van der Waals surface area (Å²) in [5.74, 6) is 2.06. The number of hydrogen-bond acceptors (Lipinski definition) is 7. The summed E-state index contributed by atoms with van der Waals surface area (Å²) in [6.07, 6.45) is 0.760. The molecule has 0 aliphatic carbocycles. The van der Waals surface area contributed by atoms with Gasteiger partial charge in [0.1, 0.15) is 17.3 Å². The number of methoxy groups -OCH3 is 2. The zero-order valence-corrected chi connectivity index (χ0v) is 19.0. The molecule has 0 saturated carbocycles. The third-order valence-corrected chi connectivity index (χ3v) is 6.34. The van der Waals surface area contributed by atoms with Gasteiger partial charge in [-0.15, -0.1) is 11.3 Å². The van der Waals surface area contributed by atoms with Gasteiger partial charge in [0, 0.05) is 23.9 Å². The highest BCUT2D eigenvalue weighted by molar-refractivity contribution is 7.13. The zero-order chi connectivity index (χ0) is 22.7. The average Bonchev–Trinajstić information content (AvgIpc) is 3.24. The van der Waals surface area contributed by atoms with Gasteiger partial charge in [0.25, 0.3) is 5.91 Å². The molecule has 166 valence electrons. The lowest BCUT2D eigenvalue weighted by Gasteiger charge is -2.27. The van der Waals surface area contributed by atoms with Crippen molar-refractivity contribution in [1.29, 1.82) is 0 Å². The summed E-state index contributed by atoms with van der Waals surface area (Å²) in [6, 6.07) is 12.8. The van der Waals surface area contributed by atoms with E-state index in [9.17, 15) is 4.79 Å². The highest BCUT2D eigenvalue weighted by Crippen LogP contribution is 2.29. The molecule has 1 aliphatic heterocycles. The van der Waals surface area contributed by atoms with Gasteiger partial charge in [0.2, 0.25) is 0 Å². The maximum atomic E-state index is 12.8. The molecule has 0 fully saturated rings. The number of carbonyl (C=O) groups is 1. The molecule has 32 heavy (non-hydrogen) atoms. The smallest absolute Gasteiger partial charge is 0.284 e. The van der Waals surface area contributed by atoms with Crippen LogP contribution < -0.4 is 20.5 Å². The molecule has 0 radical (unpaired) electrons. The van der Waals surface area contributed by atoms with Crippen LogP contribution in [0.1, 0.15) is 27.3 Å². The molecule has 9 heteroatoms. The number of nitrogens with two attached hydrogens (primary N) is 1. The largest absolute Gasteiger partial charge is 0.497 e. The van der Waals surface area contributed by atoms with Gasteiger partial charge in [0.05, 0.1) is 43.5 Å². The van der Waals surface area contributed by atoms with Crippen LogP contribution in [0.4, 0.5) is 17.1 Å². The fourth-order valence-corrected chi connectivity index (χ4v) is 4.45. The first-order chi connectivity index (χ1) is 15.5. The monoisotopic (exact) mass is 451 g/mol. The van der Waals surface area contributed by atoms with E-state index in [1.54, 1.807) is 32.4 Å². The van der Waals surface area contributed by atoms with E-state index in [-0.39, 0.29) is 5.91 Å². The molecule has 0 atom stereocenters. The molecule has 2 heterocycles. The Balaban J connectivity index is 1.46. The Labute approximate surface area is 190 Å². The van der Waals surface area contributed by atoms with Gasteiger partial charge in [-0.3, -0.25) is 4.79 Å². The summed E-state index contributed by atoms with van der Waals surface area (Å²) in [6.45, 7) is 3.47. The summed E-state index contributed by atoms with van der Waals surface area (Å²) in [7, 11) is 3.21. The second kappa shape index (κ2) is 9.27. The maximum absolute atomic E-state index is 12.8. The Kier molecular flexibility index (Phi) is 6.27. The van der Waals surface area contributed by atoms with E-state index in [1.165, 1.54) is 11.3 Å². The van der Waals surface area contributed by atoms with Crippen LogP contribution in [0.15, 0.2) is 47.5 Å². The molecule has 0 unspecified atom stereocenters. The number of nitrogens with zero attached hydrogens (tertiary/aromatic N) is 3. The van der Waals surface area contributed by atoms with Crippen LogP contribution in [0.25, 0.3) is 0 Å². The fourth-order valence-electron chi connectivity index (χ4n) is 3.43. The van der Waals surface area contributed by atoms with Crippen LogP contribution in [-0.4, -0.2) is 42.4 Å². The lowest BCUT2D eigenvalue weighted by molar-refractivity contribution is 0.102. The number of thiazole rings is 1. The molecule has 0 spiro atoms. The highest BCUT2D eigenvalue weighted by Gasteiger charge is 2.24. The van der Waals surface area contributed by atoms with E-state index in [4.69, 9.17) is 20.2 Å². The van der Waals surface area contributed by atoms with E-state index < -0.39 is 0 Å². The number of rotatable bonds is 5. The normalized spacial score (nSPS) is 13.5. The number of hydrogen-bond donors (Lipinski definition) is 2. The number of amides is 1. The van der Waals surface area contributed by atoms with E-state index in [0.29, 0.717) is 28.7 Å². The molecule has 3 N–H and O–H groups in total.